The minimum absolute atomic E-state index is 0.164. The van der Waals surface area contributed by atoms with E-state index in [1.165, 1.54) is 6.07 Å². The second-order valence-electron chi connectivity index (χ2n) is 4.88. The van der Waals surface area contributed by atoms with Gasteiger partial charge in [0.05, 0.1) is 0 Å². The van der Waals surface area contributed by atoms with Gasteiger partial charge in [0.1, 0.15) is 5.82 Å². The molecular formula is C15H17BFNO2. The third kappa shape index (κ3) is 3.90. The van der Waals surface area contributed by atoms with Crippen molar-refractivity contribution in [2.45, 2.75) is 13.1 Å². The smallest absolute Gasteiger partial charge is 0.423 e. The molecule has 0 amide bonds. The van der Waals surface area contributed by atoms with Crippen molar-refractivity contribution in [3.8, 4) is 0 Å². The molecule has 2 aromatic carbocycles. The van der Waals surface area contributed by atoms with Gasteiger partial charge in [-0.3, -0.25) is 4.90 Å². The Morgan fingerprint density at radius 1 is 1.05 bits per heavy atom. The Morgan fingerprint density at radius 2 is 1.75 bits per heavy atom. The monoisotopic (exact) mass is 273 g/mol. The molecule has 0 aliphatic carbocycles. The van der Waals surface area contributed by atoms with Gasteiger partial charge in [-0.25, -0.2) is 4.39 Å². The molecule has 0 saturated carbocycles. The van der Waals surface area contributed by atoms with Gasteiger partial charge < -0.3 is 10.0 Å². The number of rotatable bonds is 5. The maximum atomic E-state index is 13.9. The largest absolute Gasteiger partial charge is 0.488 e. The number of hydrogen-bond acceptors (Lipinski definition) is 3. The van der Waals surface area contributed by atoms with Gasteiger partial charge in [-0.05, 0) is 24.1 Å². The van der Waals surface area contributed by atoms with Gasteiger partial charge in [0, 0.05) is 18.7 Å². The van der Waals surface area contributed by atoms with E-state index in [0.29, 0.717) is 12.1 Å². The first-order valence-corrected chi connectivity index (χ1v) is 6.43. The summed E-state index contributed by atoms with van der Waals surface area (Å²) >= 11 is 0. The Bertz CT molecular complexity index is 563. The lowest BCUT2D eigenvalue weighted by Crippen LogP contribution is -2.30. The summed E-state index contributed by atoms with van der Waals surface area (Å²) < 4.78 is 13.9. The summed E-state index contributed by atoms with van der Waals surface area (Å²) in [5, 5.41) is 18.0. The highest BCUT2D eigenvalue weighted by molar-refractivity contribution is 6.58. The Hall–Kier alpha value is -1.69. The van der Waals surface area contributed by atoms with Crippen LogP contribution >= 0.6 is 0 Å². The van der Waals surface area contributed by atoms with Crippen LogP contribution in [0.4, 0.5) is 4.39 Å². The molecular weight excluding hydrogens is 256 g/mol. The molecule has 0 atom stereocenters. The SMILES string of the molecule is CN(Cc1ccccc1)Cc1ccc(B(O)O)cc1F. The topological polar surface area (TPSA) is 43.7 Å². The Kier molecular flexibility index (Phi) is 4.90. The van der Waals surface area contributed by atoms with E-state index in [1.807, 2.05) is 42.3 Å². The van der Waals surface area contributed by atoms with E-state index < -0.39 is 12.9 Å². The lowest BCUT2D eigenvalue weighted by Gasteiger charge is -2.17. The minimum atomic E-state index is -1.64. The van der Waals surface area contributed by atoms with E-state index >= 15 is 0 Å². The van der Waals surface area contributed by atoms with Gasteiger partial charge in [0.25, 0.3) is 0 Å². The van der Waals surface area contributed by atoms with Crippen LogP contribution in [0.2, 0.25) is 0 Å². The molecule has 0 radical (unpaired) electrons. The number of nitrogens with zero attached hydrogens (tertiary/aromatic N) is 1. The van der Waals surface area contributed by atoms with E-state index in [-0.39, 0.29) is 5.46 Å². The zero-order valence-corrected chi connectivity index (χ0v) is 11.3. The molecule has 0 spiro atoms. The molecule has 2 N–H and O–H groups in total. The van der Waals surface area contributed by atoms with E-state index in [1.54, 1.807) is 6.07 Å². The van der Waals surface area contributed by atoms with Crippen molar-refractivity contribution >= 4 is 12.6 Å². The molecule has 0 fully saturated rings. The Morgan fingerprint density at radius 3 is 2.35 bits per heavy atom. The van der Waals surface area contributed by atoms with E-state index in [0.717, 1.165) is 18.2 Å². The van der Waals surface area contributed by atoms with Crippen LogP contribution in [0.5, 0.6) is 0 Å². The molecule has 0 unspecified atom stereocenters. The van der Waals surface area contributed by atoms with Crippen LogP contribution in [0.1, 0.15) is 11.1 Å². The van der Waals surface area contributed by atoms with Gasteiger partial charge in [0.15, 0.2) is 0 Å². The lowest BCUT2D eigenvalue weighted by molar-refractivity contribution is 0.313. The summed E-state index contributed by atoms with van der Waals surface area (Å²) in [4.78, 5) is 2.00. The van der Waals surface area contributed by atoms with Crippen molar-refractivity contribution in [1.29, 1.82) is 0 Å². The predicted molar refractivity (Wildman–Crippen MR) is 77.8 cm³/mol. The number of hydrogen-bond donors (Lipinski definition) is 2. The Balaban J connectivity index is 2.02. The first-order chi connectivity index (χ1) is 9.56. The second kappa shape index (κ2) is 6.66. The summed E-state index contributed by atoms with van der Waals surface area (Å²) in [6.45, 7) is 1.19. The second-order valence-corrected chi connectivity index (χ2v) is 4.88. The third-order valence-electron chi connectivity index (χ3n) is 3.11. The quantitative estimate of drug-likeness (QED) is 0.803. The highest BCUT2D eigenvalue weighted by Gasteiger charge is 2.14. The van der Waals surface area contributed by atoms with Crippen molar-refractivity contribution in [2.24, 2.45) is 0 Å². The summed E-state index contributed by atoms with van der Waals surface area (Å²) in [5.41, 5.74) is 1.86. The van der Waals surface area contributed by atoms with Crippen molar-refractivity contribution in [3.63, 3.8) is 0 Å². The van der Waals surface area contributed by atoms with E-state index in [9.17, 15) is 4.39 Å². The fraction of sp³-hybridized carbons (Fsp3) is 0.200. The summed E-state index contributed by atoms with van der Waals surface area (Å²) in [6.07, 6.45) is 0. The summed E-state index contributed by atoms with van der Waals surface area (Å²) in [7, 11) is 0.280. The third-order valence-corrected chi connectivity index (χ3v) is 3.11. The highest BCUT2D eigenvalue weighted by Crippen LogP contribution is 2.11. The van der Waals surface area contributed by atoms with Crippen molar-refractivity contribution < 1.29 is 14.4 Å². The van der Waals surface area contributed by atoms with Crippen molar-refractivity contribution in [2.75, 3.05) is 7.05 Å². The van der Waals surface area contributed by atoms with Crippen LogP contribution in [-0.4, -0.2) is 29.1 Å². The molecule has 0 bridgehead atoms. The minimum Gasteiger partial charge on any atom is -0.423 e. The van der Waals surface area contributed by atoms with Crippen molar-refractivity contribution in [3.05, 3.63) is 65.5 Å². The summed E-state index contributed by atoms with van der Waals surface area (Å²) in [5.74, 6) is -0.421. The zero-order valence-electron chi connectivity index (χ0n) is 11.3. The molecule has 0 aliphatic heterocycles. The van der Waals surface area contributed by atoms with Crippen LogP contribution < -0.4 is 5.46 Å². The maximum Gasteiger partial charge on any atom is 0.488 e. The van der Waals surface area contributed by atoms with E-state index in [4.69, 9.17) is 10.0 Å². The molecule has 20 heavy (non-hydrogen) atoms. The highest BCUT2D eigenvalue weighted by atomic mass is 19.1. The zero-order chi connectivity index (χ0) is 14.5. The van der Waals surface area contributed by atoms with Gasteiger partial charge >= 0.3 is 7.12 Å². The fourth-order valence-corrected chi connectivity index (χ4v) is 2.09. The van der Waals surface area contributed by atoms with Crippen molar-refractivity contribution in [1.82, 2.24) is 4.90 Å². The normalized spacial score (nSPS) is 10.8. The molecule has 0 saturated heterocycles. The Labute approximate surface area is 118 Å². The van der Waals surface area contributed by atoms with Gasteiger partial charge in [-0.1, -0.05) is 42.5 Å². The molecule has 2 rings (SSSR count). The van der Waals surface area contributed by atoms with E-state index in [2.05, 4.69) is 0 Å². The first kappa shape index (κ1) is 14.7. The number of benzene rings is 2. The van der Waals surface area contributed by atoms with Gasteiger partial charge in [-0.2, -0.15) is 0 Å². The van der Waals surface area contributed by atoms with Crippen LogP contribution in [-0.2, 0) is 13.1 Å². The average Bonchev–Trinajstić information content (AvgIpc) is 2.42. The molecule has 0 aliphatic rings. The average molecular weight is 273 g/mol. The lowest BCUT2D eigenvalue weighted by atomic mass is 9.80. The molecule has 0 heterocycles. The molecule has 104 valence electrons. The molecule has 0 aromatic heterocycles. The van der Waals surface area contributed by atoms with Crippen LogP contribution in [0.3, 0.4) is 0 Å². The molecule has 3 nitrogen and oxygen atoms in total. The standard InChI is InChI=1S/C15H17BFNO2/c1-18(10-12-5-3-2-4-6-12)11-13-7-8-14(16(19)20)9-15(13)17/h2-9,19-20H,10-11H2,1H3. The molecule has 2 aromatic rings. The van der Waals surface area contributed by atoms with Crippen LogP contribution in [0.15, 0.2) is 48.5 Å². The summed E-state index contributed by atoms with van der Waals surface area (Å²) in [6, 6.07) is 14.2. The molecule has 5 heteroatoms. The van der Waals surface area contributed by atoms with Gasteiger partial charge in [-0.15, -0.1) is 0 Å². The maximum absolute atomic E-state index is 13.9. The van der Waals surface area contributed by atoms with Crippen LogP contribution in [0.25, 0.3) is 0 Å². The fourth-order valence-electron chi connectivity index (χ4n) is 2.09. The first-order valence-electron chi connectivity index (χ1n) is 6.43. The predicted octanol–water partition coefficient (Wildman–Crippen LogP) is 1.14. The van der Waals surface area contributed by atoms with Crippen LogP contribution in [0, 0.1) is 5.82 Å². The number of halogens is 1. The van der Waals surface area contributed by atoms with Gasteiger partial charge in [0.2, 0.25) is 0 Å².